The Balaban J connectivity index is 1.31. The molecular formula is C22H26N4O2. The Morgan fingerprint density at radius 2 is 2.04 bits per heavy atom. The molecule has 6 nitrogen and oxygen atoms in total. The molecule has 2 aliphatic heterocycles. The van der Waals surface area contributed by atoms with Crippen LogP contribution in [0.1, 0.15) is 23.1 Å². The number of nitrogens with one attached hydrogen (secondary N) is 1. The van der Waals surface area contributed by atoms with E-state index >= 15 is 0 Å². The van der Waals surface area contributed by atoms with Gasteiger partial charge in [0.2, 0.25) is 0 Å². The number of ether oxygens (including phenoxy) is 2. The molecule has 5 rings (SSSR count). The van der Waals surface area contributed by atoms with Gasteiger partial charge in [0.1, 0.15) is 5.75 Å². The van der Waals surface area contributed by atoms with Gasteiger partial charge in [-0.3, -0.25) is 9.58 Å². The number of benzene rings is 2. The number of fused-ring (bicyclic) bond motifs is 2. The first-order valence-electron chi connectivity index (χ1n) is 9.96. The van der Waals surface area contributed by atoms with Gasteiger partial charge in [0.15, 0.2) is 0 Å². The lowest BCUT2D eigenvalue weighted by molar-refractivity contribution is -0.0332. The number of methoxy groups -OCH3 is 1. The molecule has 1 unspecified atom stereocenters. The minimum absolute atomic E-state index is 0.0964. The van der Waals surface area contributed by atoms with E-state index in [4.69, 9.17) is 14.6 Å². The zero-order valence-corrected chi connectivity index (χ0v) is 16.2. The van der Waals surface area contributed by atoms with Gasteiger partial charge in [0.05, 0.1) is 37.8 Å². The summed E-state index contributed by atoms with van der Waals surface area (Å²) < 4.78 is 13.6. The maximum Gasteiger partial charge on any atom is 0.119 e. The smallest absolute Gasteiger partial charge is 0.119 e. The van der Waals surface area contributed by atoms with Gasteiger partial charge in [-0.2, -0.15) is 5.10 Å². The van der Waals surface area contributed by atoms with Crippen molar-refractivity contribution in [2.45, 2.75) is 25.7 Å². The summed E-state index contributed by atoms with van der Waals surface area (Å²) in [7, 11) is 1.70. The third-order valence-electron chi connectivity index (χ3n) is 5.70. The molecule has 1 N–H and O–H groups in total. The number of hydrogen-bond donors (Lipinski definition) is 1. The summed E-state index contributed by atoms with van der Waals surface area (Å²) in [6, 6.07) is 15.0. The average molecular weight is 378 g/mol. The van der Waals surface area contributed by atoms with Crippen molar-refractivity contribution in [1.82, 2.24) is 20.0 Å². The van der Waals surface area contributed by atoms with Gasteiger partial charge in [-0.15, -0.1) is 0 Å². The predicted octanol–water partition coefficient (Wildman–Crippen LogP) is 2.72. The van der Waals surface area contributed by atoms with Crippen LogP contribution in [0.15, 0.2) is 42.5 Å². The average Bonchev–Trinajstić information content (AvgIpc) is 3.15. The van der Waals surface area contributed by atoms with Crippen LogP contribution >= 0.6 is 0 Å². The molecule has 0 bridgehead atoms. The number of nitrogens with zero attached hydrogens (tertiary/aromatic N) is 3. The molecule has 0 radical (unpaired) electrons. The van der Waals surface area contributed by atoms with Gasteiger partial charge in [-0.05, 0) is 40.6 Å². The lowest BCUT2D eigenvalue weighted by Crippen LogP contribution is -2.37. The zero-order chi connectivity index (χ0) is 18.9. The van der Waals surface area contributed by atoms with Crippen molar-refractivity contribution in [2.75, 3.05) is 33.4 Å². The highest BCUT2D eigenvalue weighted by Crippen LogP contribution is 2.28. The van der Waals surface area contributed by atoms with E-state index in [9.17, 15) is 0 Å². The van der Waals surface area contributed by atoms with Gasteiger partial charge in [0.25, 0.3) is 0 Å². The Morgan fingerprint density at radius 1 is 1.14 bits per heavy atom. The van der Waals surface area contributed by atoms with Crippen LogP contribution in [-0.4, -0.2) is 48.0 Å². The first-order valence-corrected chi connectivity index (χ1v) is 9.96. The van der Waals surface area contributed by atoms with Crippen LogP contribution in [0.2, 0.25) is 0 Å². The monoisotopic (exact) mass is 378 g/mol. The Hall–Kier alpha value is -2.41. The summed E-state index contributed by atoms with van der Waals surface area (Å²) in [5.74, 6) is 0.887. The van der Waals surface area contributed by atoms with Crippen LogP contribution < -0.4 is 10.1 Å². The molecule has 1 atom stereocenters. The molecule has 1 fully saturated rings. The third-order valence-corrected chi connectivity index (χ3v) is 5.70. The number of morpholine rings is 1. The van der Waals surface area contributed by atoms with Crippen molar-refractivity contribution in [3.05, 3.63) is 59.4 Å². The maximum absolute atomic E-state index is 6.11. The second-order valence-electron chi connectivity index (χ2n) is 7.59. The third kappa shape index (κ3) is 3.51. The van der Waals surface area contributed by atoms with Crippen molar-refractivity contribution in [3.8, 4) is 5.75 Å². The number of hydrogen-bond acceptors (Lipinski definition) is 5. The highest BCUT2D eigenvalue weighted by Gasteiger charge is 2.23. The van der Waals surface area contributed by atoms with Crippen LogP contribution in [-0.2, 0) is 24.4 Å². The van der Waals surface area contributed by atoms with Crippen LogP contribution in [0.4, 0.5) is 0 Å². The van der Waals surface area contributed by atoms with E-state index in [0.29, 0.717) is 0 Å². The fourth-order valence-electron chi connectivity index (χ4n) is 4.18. The largest absolute Gasteiger partial charge is 0.497 e. The molecule has 0 saturated carbocycles. The predicted molar refractivity (Wildman–Crippen MR) is 108 cm³/mol. The van der Waals surface area contributed by atoms with Gasteiger partial charge < -0.3 is 14.8 Å². The summed E-state index contributed by atoms with van der Waals surface area (Å²) in [5.41, 5.74) is 3.68. The van der Waals surface area contributed by atoms with Crippen LogP contribution in [0.3, 0.4) is 0 Å². The fraction of sp³-hybridized carbons (Fsp3) is 0.409. The summed E-state index contributed by atoms with van der Waals surface area (Å²) in [4.78, 5) is 2.45. The summed E-state index contributed by atoms with van der Waals surface area (Å²) >= 11 is 0. The lowest BCUT2D eigenvalue weighted by atomic mass is 10.0. The van der Waals surface area contributed by atoms with Crippen LogP contribution in [0.5, 0.6) is 5.75 Å². The minimum atomic E-state index is 0.0964. The van der Waals surface area contributed by atoms with Gasteiger partial charge in [-0.25, -0.2) is 0 Å². The topological polar surface area (TPSA) is 51.5 Å². The fourth-order valence-corrected chi connectivity index (χ4v) is 4.18. The molecule has 1 saturated heterocycles. The molecule has 2 aromatic carbocycles. The number of rotatable bonds is 4. The first kappa shape index (κ1) is 17.7. The Bertz CT molecular complexity index is 960. The molecule has 0 amide bonds. The quantitative estimate of drug-likeness (QED) is 0.757. The first-order chi connectivity index (χ1) is 13.8. The van der Waals surface area contributed by atoms with E-state index in [2.05, 4.69) is 51.3 Å². The van der Waals surface area contributed by atoms with E-state index in [0.717, 1.165) is 57.3 Å². The number of aromatic nitrogens is 2. The molecule has 3 heterocycles. The second kappa shape index (κ2) is 7.54. The van der Waals surface area contributed by atoms with E-state index in [1.54, 1.807) is 7.11 Å². The lowest BCUT2D eigenvalue weighted by Gasteiger charge is -2.32. The summed E-state index contributed by atoms with van der Waals surface area (Å²) in [6.45, 7) is 6.35. The summed E-state index contributed by atoms with van der Waals surface area (Å²) in [6.07, 6.45) is 0.0964. The molecule has 0 spiro atoms. The normalized spacial score (nSPS) is 20.2. The zero-order valence-electron chi connectivity index (χ0n) is 16.2. The molecule has 3 aromatic rings. The Kier molecular flexibility index (Phi) is 4.76. The van der Waals surface area contributed by atoms with Crippen LogP contribution in [0.25, 0.3) is 10.8 Å². The second-order valence-corrected chi connectivity index (χ2v) is 7.59. The maximum atomic E-state index is 6.11. The Morgan fingerprint density at radius 3 is 2.93 bits per heavy atom. The van der Waals surface area contributed by atoms with Crippen LogP contribution in [0, 0.1) is 0 Å². The van der Waals surface area contributed by atoms with E-state index in [1.807, 2.05) is 6.07 Å². The molecule has 28 heavy (non-hydrogen) atoms. The molecule has 0 aliphatic carbocycles. The van der Waals surface area contributed by atoms with E-state index in [1.165, 1.54) is 22.0 Å². The van der Waals surface area contributed by atoms with E-state index in [-0.39, 0.29) is 6.10 Å². The standard InChI is InChI=1S/C22H26N4O2/c1-27-21-5-4-16-10-18(3-2-17(16)11-21)22-15-25(8-9-28-22)14-19-12-20-13-23-6-7-26(20)24-19/h2-5,10-12,22-23H,6-9,13-15H2,1H3. The van der Waals surface area contributed by atoms with Crippen molar-refractivity contribution in [3.63, 3.8) is 0 Å². The molecule has 2 aliphatic rings. The highest BCUT2D eigenvalue weighted by atomic mass is 16.5. The highest BCUT2D eigenvalue weighted by molar-refractivity contribution is 5.84. The Labute approximate surface area is 165 Å². The minimum Gasteiger partial charge on any atom is -0.497 e. The van der Waals surface area contributed by atoms with Crippen molar-refractivity contribution < 1.29 is 9.47 Å². The van der Waals surface area contributed by atoms with Gasteiger partial charge >= 0.3 is 0 Å². The van der Waals surface area contributed by atoms with Gasteiger partial charge in [0, 0.05) is 32.7 Å². The van der Waals surface area contributed by atoms with Crippen molar-refractivity contribution >= 4 is 10.8 Å². The molecular weight excluding hydrogens is 352 g/mol. The molecule has 1 aromatic heterocycles. The van der Waals surface area contributed by atoms with Gasteiger partial charge in [-0.1, -0.05) is 18.2 Å². The van der Waals surface area contributed by atoms with Crippen molar-refractivity contribution in [1.29, 1.82) is 0 Å². The molecule has 146 valence electrons. The molecule has 6 heteroatoms. The van der Waals surface area contributed by atoms with E-state index < -0.39 is 0 Å². The summed E-state index contributed by atoms with van der Waals surface area (Å²) in [5, 5.41) is 10.6. The van der Waals surface area contributed by atoms with Crippen molar-refractivity contribution in [2.24, 2.45) is 0 Å². The SMILES string of the molecule is COc1ccc2cc(C3CN(Cc4cc5n(n4)CCNC5)CCO3)ccc2c1.